The van der Waals surface area contributed by atoms with Gasteiger partial charge >= 0.3 is 10.4 Å². The summed E-state index contributed by atoms with van der Waals surface area (Å²) in [5, 5.41) is 17.4. The van der Waals surface area contributed by atoms with Gasteiger partial charge in [0.15, 0.2) is 0 Å². The molecule has 0 bridgehead atoms. The molecule has 0 aliphatic rings. The first-order valence-electron chi connectivity index (χ1n) is 3.99. The van der Waals surface area contributed by atoms with Gasteiger partial charge in [0, 0.05) is 13.1 Å². The highest BCUT2D eigenvalue weighted by Gasteiger charge is 2.03. The number of likely N-dealkylation sites (N-methyl/N-ethyl adjacent to an activating group) is 1. The Labute approximate surface area is 89.2 Å². The van der Waals surface area contributed by atoms with Crippen molar-refractivity contribution in [2.75, 3.05) is 26.7 Å². The van der Waals surface area contributed by atoms with Crippen LogP contribution in [0.3, 0.4) is 0 Å². The van der Waals surface area contributed by atoms with Crippen LogP contribution in [0.2, 0.25) is 0 Å². The molecule has 0 amide bonds. The second-order valence-corrected chi connectivity index (χ2v) is 3.69. The van der Waals surface area contributed by atoms with E-state index in [0.717, 1.165) is 6.54 Å². The molecule has 7 nitrogen and oxygen atoms in total. The van der Waals surface area contributed by atoms with Crippen LogP contribution in [0.1, 0.15) is 0 Å². The number of aliphatic hydroxyl groups is 2. The van der Waals surface area contributed by atoms with Gasteiger partial charge in [0.25, 0.3) is 0 Å². The van der Waals surface area contributed by atoms with E-state index in [1.54, 1.807) is 6.08 Å². The third kappa shape index (κ3) is 24.7. The zero-order valence-corrected chi connectivity index (χ0v) is 9.26. The van der Waals surface area contributed by atoms with Gasteiger partial charge in [0.1, 0.15) is 0 Å². The summed E-state index contributed by atoms with van der Waals surface area (Å²) in [7, 11) is -2.80. The fourth-order valence-electron chi connectivity index (χ4n) is 0.712. The van der Waals surface area contributed by atoms with Crippen LogP contribution in [0.5, 0.6) is 0 Å². The zero-order chi connectivity index (χ0) is 12.5. The van der Waals surface area contributed by atoms with Gasteiger partial charge in [-0.15, -0.1) is 6.58 Å². The Bertz CT molecular complexity index is 244. The van der Waals surface area contributed by atoms with Crippen LogP contribution >= 0.6 is 0 Å². The lowest BCUT2D eigenvalue weighted by Crippen LogP contribution is -2.31. The summed E-state index contributed by atoms with van der Waals surface area (Å²) in [5.74, 6) is 0. The fraction of sp³-hybridized carbons (Fsp3) is 0.714. The Balaban J connectivity index is 0. The molecule has 0 saturated carbocycles. The van der Waals surface area contributed by atoms with Gasteiger partial charge in [0.2, 0.25) is 0 Å². The van der Waals surface area contributed by atoms with Gasteiger partial charge in [-0.3, -0.25) is 9.11 Å². The summed E-state index contributed by atoms with van der Waals surface area (Å²) < 4.78 is 31.6. The van der Waals surface area contributed by atoms with E-state index in [0.29, 0.717) is 6.54 Å². The summed E-state index contributed by atoms with van der Waals surface area (Å²) >= 11 is 0. The summed E-state index contributed by atoms with van der Waals surface area (Å²) in [6.45, 7) is 4.59. The number of hydrogen-bond donors (Lipinski definition) is 4. The highest BCUT2D eigenvalue weighted by Crippen LogP contribution is 1.87. The fourth-order valence-corrected chi connectivity index (χ4v) is 0.712. The molecule has 4 N–H and O–H groups in total. The van der Waals surface area contributed by atoms with Gasteiger partial charge in [-0.1, -0.05) is 6.08 Å². The normalized spacial score (nSPS) is 12.9. The summed E-state index contributed by atoms with van der Waals surface area (Å²) in [6.07, 6.45) is 1.12. The Morgan fingerprint density at radius 2 is 1.87 bits per heavy atom. The summed E-state index contributed by atoms with van der Waals surface area (Å²) in [4.78, 5) is 1.88. The lowest BCUT2D eigenvalue weighted by atomic mass is 10.3. The molecule has 0 heterocycles. The average Bonchev–Trinajstić information content (AvgIpc) is 2.01. The van der Waals surface area contributed by atoms with Gasteiger partial charge in [-0.2, -0.15) is 8.42 Å². The maximum atomic E-state index is 8.93. The van der Waals surface area contributed by atoms with Gasteiger partial charge < -0.3 is 15.1 Å². The van der Waals surface area contributed by atoms with E-state index >= 15 is 0 Å². The van der Waals surface area contributed by atoms with E-state index in [9.17, 15) is 0 Å². The highest BCUT2D eigenvalue weighted by molar-refractivity contribution is 7.79. The van der Waals surface area contributed by atoms with E-state index in [-0.39, 0.29) is 6.61 Å². The van der Waals surface area contributed by atoms with Crippen molar-refractivity contribution in [3.8, 4) is 0 Å². The molecule has 8 heteroatoms. The maximum Gasteiger partial charge on any atom is 0.394 e. The summed E-state index contributed by atoms with van der Waals surface area (Å²) in [5.41, 5.74) is 0. The number of nitrogens with zero attached hydrogens (tertiary/aromatic N) is 1. The van der Waals surface area contributed by atoms with Crippen molar-refractivity contribution in [1.29, 1.82) is 0 Å². The molecule has 92 valence electrons. The van der Waals surface area contributed by atoms with Crippen LogP contribution in [-0.2, 0) is 10.4 Å². The van der Waals surface area contributed by atoms with Crippen LogP contribution < -0.4 is 0 Å². The molecule has 0 spiro atoms. The van der Waals surface area contributed by atoms with Crippen molar-refractivity contribution in [2.45, 2.75) is 6.10 Å². The first-order valence-corrected chi connectivity index (χ1v) is 5.38. The number of rotatable bonds is 5. The molecule has 0 fully saturated rings. The van der Waals surface area contributed by atoms with E-state index in [1.165, 1.54) is 0 Å². The molecule has 1 unspecified atom stereocenters. The molecular weight excluding hydrogens is 226 g/mol. The average molecular weight is 243 g/mol. The first kappa shape index (κ1) is 16.9. The molecule has 0 radical (unpaired) electrons. The Hall–Kier alpha value is -0.510. The van der Waals surface area contributed by atoms with Crippen LogP contribution in [0.4, 0.5) is 0 Å². The monoisotopic (exact) mass is 243 g/mol. The van der Waals surface area contributed by atoms with Crippen LogP contribution in [0, 0.1) is 0 Å². The Morgan fingerprint density at radius 3 is 2.13 bits per heavy atom. The lowest BCUT2D eigenvalue weighted by molar-refractivity contribution is 0.0695. The molecular formula is C7H17NO6S. The minimum absolute atomic E-state index is 0.179. The standard InChI is InChI=1S/C7H15NO2.H2O4S/c1-3-4-8(2)5-7(10)6-9;1-5(2,3)4/h3,7,9-10H,1,4-6H2,2H3;(H2,1,2,3,4). The number of aliphatic hydroxyl groups excluding tert-OH is 2. The second-order valence-electron chi connectivity index (χ2n) is 2.79. The van der Waals surface area contributed by atoms with E-state index < -0.39 is 16.5 Å². The SMILES string of the molecule is C=CCN(C)CC(O)CO.O=S(=O)(O)O. The summed E-state index contributed by atoms with van der Waals surface area (Å²) in [6, 6.07) is 0. The van der Waals surface area contributed by atoms with Crippen LogP contribution in [0.25, 0.3) is 0 Å². The van der Waals surface area contributed by atoms with Crippen molar-refractivity contribution < 1.29 is 27.7 Å². The minimum atomic E-state index is -4.67. The van der Waals surface area contributed by atoms with Crippen molar-refractivity contribution in [3.63, 3.8) is 0 Å². The largest absolute Gasteiger partial charge is 0.394 e. The Morgan fingerprint density at radius 1 is 1.47 bits per heavy atom. The van der Waals surface area contributed by atoms with E-state index in [4.69, 9.17) is 27.7 Å². The third-order valence-corrected chi connectivity index (χ3v) is 1.17. The third-order valence-electron chi connectivity index (χ3n) is 1.17. The van der Waals surface area contributed by atoms with Gasteiger partial charge in [-0.25, -0.2) is 0 Å². The highest BCUT2D eigenvalue weighted by atomic mass is 32.3. The molecule has 0 rings (SSSR count). The molecule has 0 saturated heterocycles. The molecule has 0 aliphatic heterocycles. The minimum Gasteiger partial charge on any atom is -0.394 e. The van der Waals surface area contributed by atoms with Crippen molar-refractivity contribution in [2.24, 2.45) is 0 Å². The molecule has 0 aliphatic carbocycles. The zero-order valence-electron chi connectivity index (χ0n) is 8.44. The number of hydrogen-bond acceptors (Lipinski definition) is 5. The smallest absolute Gasteiger partial charge is 0.394 e. The van der Waals surface area contributed by atoms with Crippen LogP contribution in [-0.4, -0.2) is 65.5 Å². The van der Waals surface area contributed by atoms with E-state index in [1.807, 2.05) is 11.9 Å². The molecule has 0 aromatic heterocycles. The molecule has 0 aromatic rings. The topological polar surface area (TPSA) is 118 Å². The van der Waals surface area contributed by atoms with Gasteiger partial charge in [-0.05, 0) is 7.05 Å². The predicted molar refractivity (Wildman–Crippen MR) is 55.0 cm³/mol. The maximum absolute atomic E-state index is 8.93. The Kier molecular flexibility index (Phi) is 9.88. The lowest BCUT2D eigenvalue weighted by Gasteiger charge is -2.16. The quantitative estimate of drug-likeness (QED) is 0.354. The van der Waals surface area contributed by atoms with Crippen molar-refractivity contribution in [3.05, 3.63) is 12.7 Å². The first-order chi connectivity index (χ1) is 6.70. The molecule has 15 heavy (non-hydrogen) atoms. The molecule has 1 atom stereocenters. The van der Waals surface area contributed by atoms with Crippen LogP contribution in [0.15, 0.2) is 12.7 Å². The van der Waals surface area contributed by atoms with Crippen molar-refractivity contribution in [1.82, 2.24) is 4.90 Å². The van der Waals surface area contributed by atoms with Crippen molar-refractivity contribution >= 4 is 10.4 Å². The second kappa shape index (κ2) is 8.77. The molecule has 0 aromatic carbocycles. The van der Waals surface area contributed by atoms with Gasteiger partial charge in [0.05, 0.1) is 12.7 Å². The predicted octanol–water partition coefficient (Wildman–Crippen LogP) is -1.20. The van der Waals surface area contributed by atoms with E-state index in [2.05, 4.69) is 6.58 Å².